The van der Waals surface area contributed by atoms with Crippen LogP contribution < -0.4 is 5.32 Å². The van der Waals surface area contributed by atoms with Crippen LogP contribution in [0.4, 0.5) is 5.69 Å². The van der Waals surface area contributed by atoms with Gasteiger partial charge < -0.3 is 5.32 Å². The van der Waals surface area contributed by atoms with Crippen LogP contribution in [0.25, 0.3) is 0 Å². The van der Waals surface area contributed by atoms with Crippen molar-refractivity contribution in [3.63, 3.8) is 0 Å². The van der Waals surface area contributed by atoms with Gasteiger partial charge in [0.15, 0.2) is 0 Å². The van der Waals surface area contributed by atoms with E-state index in [2.05, 4.69) is 28.4 Å². The highest BCUT2D eigenvalue weighted by Gasteiger charge is 2.36. The molecule has 4 nitrogen and oxygen atoms in total. The number of nitrogens with zero attached hydrogens (tertiary/aromatic N) is 3. The Balaban J connectivity index is 1.66. The maximum atomic E-state index is 4.30. The Morgan fingerprint density at radius 2 is 2.38 bits per heavy atom. The first-order chi connectivity index (χ1) is 7.86. The summed E-state index contributed by atoms with van der Waals surface area (Å²) in [6.07, 6.45) is 8.07. The van der Waals surface area contributed by atoms with E-state index in [9.17, 15) is 0 Å². The lowest BCUT2D eigenvalue weighted by Gasteiger charge is -2.21. The molecular formula is C12H20N4. The fourth-order valence-corrected chi connectivity index (χ4v) is 3.08. The van der Waals surface area contributed by atoms with E-state index in [0.717, 1.165) is 12.6 Å². The van der Waals surface area contributed by atoms with Crippen molar-refractivity contribution in [1.82, 2.24) is 14.7 Å². The number of nitrogens with one attached hydrogen (secondary N) is 1. The molecule has 0 saturated carbocycles. The van der Waals surface area contributed by atoms with E-state index in [1.165, 1.54) is 38.0 Å². The summed E-state index contributed by atoms with van der Waals surface area (Å²) in [5.74, 6) is 0. The first-order valence-electron chi connectivity index (χ1n) is 6.40. The van der Waals surface area contributed by atoms with Gasteiger partial charge in [0.05, 0.1) is 11.9 Å². The second-order valence-electron chi connectivity index (χ2n) is 4.87. The molecule has 0 bridgehead atoms. The number of fused-ring (bicyclic) bond motifs is 1. The van der Waals surface area contributed by atoms with Crippen LogP contribution in [0.3, 0.4) is 0 Å². The molecule has 16 heavy (non-hydrogen) atoms. The summed E-state index contributed by atoms with van der Waals surface area (Å²) in [6, 6.07) is 1.40. The summed E-state index contributed by atoms with van der Waals surface area (Å²) in [7, 11) is 0. The number of anilines is 1. The van der Waals surface area contributed by atoms with Gasteiger partial charge in [0.1, 0.15) is 0 Å². The molecular weight excluding hydrogens is 200 g/mol. The normalized spacial score (nSPS) is 29.6. The zero-order valence-corrected chi connectivity index (χ0v) is 9.89. The largest absolute Gasteiger partial charge is 0.378 e. The monoisotopic (exact) mass is 220 g/mol. The third-order valence-corrected chi connectivity index (χ3v) is 3.92. The lowest BCUT2D eigenvalue weighted by atomic mass is 10.1. The molecule has 1 N–H and O–H groups in total. The minimum atomic E-state index is 0.636. The van der Waals surface area contributed by atoms with Crippen LogP contribution >= 0.6 is 0 Å². The van der Waals surface area contributed by atoms with Crippen LogP contribution in [-0.2, 0) is 6.54 Å². The standard InChI is InChI=1S/C12H20N4/c1-2-16-9-10(8-13-16)14-11-5-7-15-6-3-4-12(11)15/h8-9,11-12,14H,2-7H2,1H3. The van der Waals surface area contributed by atoms with Crippen molar-refractivity contribution in [1.29, 1.82) is 0 Å². The predicted octanol–water partition coefficient (Wildman–Crippen LogP) is 1.55. The topological polar surface area (TPSA) is 33.1 Å². The average Bonchev–Trinajstić information content (AvgIpc) is 2.97. The number of aryl methyl sites for hydroxylation is 1. The molecule has 1 aromatic rings. The number of rotatable bonds is 3. The Hall–Kier alpha value is -1.03. The number of aromatic nitrogens is 2. The quantitative estimate of drug-likeness (QED) is 0.839. The van der Waals surface area contributed by atoms with Gasteiger partial charge in [-0.05, 0) is 32.7 Å². The molecule has 2 atom stereocenters. The van der Waals surface area contributed by atoms with Crippen molar-refractivity contribution in [3.05, 3.63) is 12.4 Å². The maximum Gasteiger partial charge on any atom is 0.0729 e. The Morgan fingerprint density at radius 3 is 3.19 bits per heavy atom. The number of hydrogen-bond acceptors (Lipinski definition) is 3. The minimum absolute atomic E-state index is 0.636. The third kappa shape index (κ3) is 1.71. The van der Waals surface area contributed by atoms with E-state index in [-0.39, 0.29) is 0 Å². The van der Waals surface area contributed by atoms with Crippen LogP contribution in [0.1, 0.15) is 26.2 Å². The molecule has 1 aromatic heterocycles. The summed E-state index contributed by atoms with van der Waals surface area (Å²) in [6.45, 7) is 5.63. The number of hydrogen-bond donors (Lipinski definition) is 1. The highest BCUT2D eigenvalue weighted by atomic mass is 15.3. The Labute approximate surface area is 96.6 Å². The lowest BCUT2D eigenvalue weighted by Crippen LogP contribution is -2.33. The van der Waals surface area contributed by atoms with E-state index in [1.54, 1.807) is 0 Å². The second kappa shape index (κ2) is 4.09. The van der Waals surface area contributed by atoms with Crippen LogP contribution in [0.5, 0.6) is 0 Å². The molecule has 3 rings (SSSR count). The first-order valence-corrected chi connectivity index (χ1v) is 6.40. The fourth-order valence-electron chi connectivity index (χ4n) is 3.08. The van der Waals surface area contributed by atoms with Crippen molar-refractivity contribution in [3.8, 4) is 0 Å². The molecule has 3 heterocycles. The van der Waals surface area contributed by atoms with Gasteiger partial charge in [0.25, 0.3) is 0 Å². The van der Waals surface area contributed by atoms with E-state index in [4.69, 9.17) is 0 Å². The zero-order chi connectivity index (χ0) is 11.0. The zero-order valence-electron chi connectivity index (χ0n) is 9.89. The molecule has 2 aliphatic rings. The Bertz CT molecular complexity index is 360. The molecule has 2 saturated heterocycles. The van der Waals surface area contributed by atoms with Crippen LogP contribution in [0.2, 0.25) is 0 Å². The van der Waals surface area contributed by atoms with Crippen molar-refractivity contribution in [2.45, 2.75) is 44.8 Å². The molecule has 0 amide bonds. The van der Waals surface area contributed by atoms with Crippen molar-refractivity contribution in [2.24, 2.45) is 0 Å². The van der Waals surface area contributed by atoms with Gasteiger partial charge in [0, 0.05) is 31.4 Å². The summed E-state index contributed by atoms with van der Waals surface area (Å²) in [5, 5.41) is 7.94. The van der Waals surface area contributed by atoms with Gasteiger partial charge in [-0.15, -0.1) is 0 Å². The molecule has 0 radical (unpaired) electrons. The molecule has 0 spiro atoms. The van der Waals surface area contributed by atoms with Gasteiger partial charge in [-0.3, -0.25) is 9.58 Å². The van der Waals surface area contributed by atoms with Gasteiger partial charge >= 0.3 is 0 Å². The maximum absolute atomic E-state index is 4.30. The van der Waals surface area contributed by atoms with Crippen LogP contribution in [-0.4, -0.2) is 39.9 Å². The predicted molar refractivity (Wildman–Crippen MR) is 64.5 cm³/mol. The second-order valence-corrected chi connectivity index (χ2v) is 4.87. The van der Waals surface area contributed by atoms with Gasteiger partial charge in [-0.2, -0.15) is 5.10 Å². The Morgan fingerprint density at radius 1 is 1.44 bits per heavy atom. The highest BCUT2D eigenvalue weighted by molar-refractivity contribution is 5.40. The van der Waals surface area contributed by atoms with Crippen molar-refractivity contribution in [2.75, 3.05) is 18.4 Å². The average molecular weight is 220 g/mol. The van der Waals surface area contributed by atoms with Crippen LogP contribution in [0.15, 0.2) is 12.4 Å². The summed E-state index contributed by atoms with van der Waals surface area (Å²) in [5.41, 5.74) is 1.18. The SMILES string of the molecule is CCn1cc(NC2CCN3CCCC23)cn1. The van der Waals surface area contributed by atoms with Gasteiger partial charge in [-0.25, -0.2) is 0 Å². The molecule has 2 aliphatic heterocycles. The lowest BCUT2D eigenvalue weighted by molar-refractivity contribution is 0.318. The molecule has 0 aliphatic carbocycles. The smallest absolute Gasteiger partial charge is 0.0729 e. The van der Waals surface area contributed by atoms with E-state index in [0.29, 0.717) is 6.04 Å². The Kier molecular flexibility index (Phi) is 2.59. The van der Waals surface area contributed by atoms with Crippen molar-refractivity contribution >= 4 is 5.69 Å². The summed E-state index contributed by atoms with van der Waals surface area (Å²) >= 11 is 0. The highest BCUT2D eigenvalue weighted by Crippen LogP contribution is 2.29. The summed E-state index contributed by atoms with van der Waals surface area (Å²) in [4.78, 5) is 2.63. The fraction of sp³-hybridized carbons (Fsp3) is 0.750. The molecule has 0 aromatic carbocycles. The van der Waals surface area contributed by atoms with E-state index < -0.39 is 0 Å². The molecule has 4 heteroatoms. The first kappa shape index (κ1) is 10.1. The molecule has 2 fully saturated rings. The third-order valence-electron chi connectivity index (χ3n) is 3.92. The van der Waals surface area contributed by atoms with Crippen molar-refractivity contribution < 1.29 is 0 Å². The van der Waals surface area contributed by atoms with Gasteiger partial charge in [0.2, 0.25) is 0 Å². The minimum Gasteiger partial charge on any atom is -0.378 e. The van der Waals surface area contributed by atoms with E-state index >= 15 is 0 Å². The molecule has 2 unspecified atom stereocenters. The summed E-state index contributed by atoms with van der Waals surface area (Å²) < 4.78 is 1.98. The molecule has 88 valence electrons. The van der Waals surface area contributed by atoms with Crippen LogP contribution in [0, 0.1) is 0 Å². The van der Waals surface area contributed by atoms with Gasteiger partial charge in [-0.1, -0.05) is 0 Å². The van der Waals surface area contributed by atoms with E-state index in [1.807, 2.05) is 10.9 Å².